The van der Waals surface area contributed by atoms with Crippen molar-refractivity contribution in [3.8, 4) is 6.07 Å². The average Bonchev–Trinajstić information content (AvgIpc) is 3.05. The highest BCUT2D eigenvalue weighted by atomic mass is 16.6. The number of para-hydroxylation sites is 1. The molecule has 2 aromatic carbocycles. The number of nitrogens with one attached hydrogen (secondary N) is 1. The van der Waals surface area contributed by atoms with Crippen molar-refractivity contribution < 1.29 is 9.72 Å². The first kappa shape index (κ1) is 16.5. The summed E-state index contributed by atoms with van der Waals surface area (Å²) in [4.78, 5) is 25.1. The second-order valence-corrected chi connectivity index (χ2v) is 5.84. The number of benzene rings is 2. The van der Waals surface area contributed by atoms with Gasteiger partial charge in [0.25, 0.3) is 5.69 Å². The molecule has 0 saturated carbocycles. The van der Waals surface area contributed by atoms with E-state index in [2.05, 4.69) is 5.32 Å². The van der Waals surface area contributed by atoms with Gasteiger partial charge in [0.1, 0.15) is 11.7 Å². The molecule has 2 aromatic rings. The van der Waals surface area contributed by atoms with Crippen molar-refractivity contribution in [2.75, 3.05) is 16.8 Å². The van der Waals surface area contributed by atoms with Gasteiger partial charge in [-0.3, -0.25) is 14.9 Å². The molecule has 0 fully saturated rings. The first-order valence-corrected chi connectivity index (χ1v) is 7.85. The second-order valence-electron chi connectivity index (χ2n) is 5.84. The van der Waals surface area contributed by atoms with Gasteiger partial charge in [-0.15, -0.1) is 0 Å². The maximum Gasteiger partial charge on any atom is 0.293 e. The maximum absolute atomic E-state index is 12.8. The Hall–Kier alpha value is -3.40. The molecule has 1 N–H and O–H groups in total. The molecule has 7 nitrogen and oxygen atoms in total. The maximum atomic E-state index is 12.8. The average molecular weight is 336 g/mol. The van der Waals surface area contributed by atoms with Crippen LogP contribution >= 0.6 is 0 Å². The summed E-state index contributed by atoms with van der Waals surface area (Å²) in [5.41, 5.74) is 2.20. The highest BCUT2D eigenvalue weighted by molar-refractivity contribution is 6.00. The number of nitro benzene ring substituents is 1. The van der Waals surface area contributed by atoms with Gasteiger partial charge in [0.05, 0.1) is 16.6 Å². The molecule has 0 aliphatic carbocycles. The summed E-state index contributed by atoms with van der Waals surface area (Å²) in [6.07, 6.45) is 0.797. The number of carbonyl (C=O) groups excluding carboxylic acids is 1. The fraction of sp³-hybridized carbons (Fsp3) is 0.222. The third-order valence-electron chi connectivity index (χ3n) is 4.22. The quantitative estimate of drug-likeness (QED) is 0.683. The lowest BCUT2D eigenvalue weighted by atomic mass is 10.1. The number of nitro groups is 1. The number of amides is 1. The second kappa shape index (κ2) is 6.61. The minimum atomic E-state index is -0.641. The molecule has 0 radical (unpaired) electrons. The summed E-state index contributed by atoms with van der Waals surface area (Å²) in [6.45, 7) is 2.27. The Morgan fingerprint density at radius 3 is 2.84 bits per heavy atom. The highest BCUT2D eigenvalue weighted by Crippen LogP contribution is 2.30. The molecule has 126 valence electrons. The van der Waals surface area contributed by atoms with Gasteiger partial charge in [0.2, 0.25) is 5.91 Å². The predicted octanol–water partition coefficient (Wildman–Crippen LogP) is 2.86. The summed E-state index contributed by atoms with van der Waals surface area (Å²) in [6, 6.07) is 13.1. The first-order chi connectivity index (χ1) is 12.0. The zero-order valence-electron chi connectivity index (χ0n) is 13.6. The summed E-state index contributed by atoms with van der Waals surface area (Å²) < 4.78 is 0. The standard InChI is InChI=1S/C18H16N4O3/c1-12(18(23)21-9-8-14-4-2-3-5-16(14)21)20-15-7-6-13(11-19)10-17(15)22(24)25/h2-7,10,12,20H,8-9H2,1H3. The van der Waals surface area contributed by atoms with Crippen LogP contribution in [0.3, 0.4) is 0 Å². The number of fused-ring (bicyclic) bond motifs is 1. The fourth-order valence-corrected chi connectivity index (χ4v) is 2.97. The van der Waals surface area contributed by atoms with E-state index in [1.165, 1.54) is 18.2 Å². The number of anilines is 2. The van der Waals surface area contributed by atoms with Crippen LogP contribution in [0.25, 0.3) is 0 Å². The van der Waals surface area contributed by atoms with Gasteiger partial charge in [-0.25, -0.2) is 0 Å². The number of carbonyl (C=O) groups is 1. The van der Waals surface area contributed by atoms with E-state index in [0.717, 1.165) is 17.7 Å². The lowest BCUT2D eigenvalue weighted by Crippen LogP contribution is -2.40. The van der Waals surface area contributed by atoms with Crippen molar-refractivity contribution in [3.05, 3.63) is 63.7 Å². The van der Waals surface area contributed by atoms with Crippen LogP contribution < -0.4 is 10.2 Å². The van der Waals surface area contributed by atoms with Crippen molar-refractivity contribution in [2.24, 2.45) is 0 Å². The zero-order chi connectivity index (χ0) is 18.0. The Labute approximate surface area is 144 Å². The number of nitriles is 1. The lowest BCUT2D eigenvalue weighted by molar-refractivity contribution is -0.384. The minimum Gasteiger partial charge on any atom is -0.368 e. The summed E-state index contributed by atoms with van der Waals surface area (Å²) in [7, 11) is 0. The zero-order valence-corrected chi connectivity index (χ0v) is 13.6. The van der Waals surface area contributed by atoms with Crippen LogP contribution in [0, 0.1) is 21.4 Å². The Balaban J connectivity index is 1.81. The van der Waals surface area contributed by atoms with Gasteiger partial charge in [-0.1, -0.05) is 18.2 Å². The van der Waals surface area contributed by atoms with E-state index in [1.807, 2.05) is 30.3 Å². The first-order valence-electron chi connectivity index (χ1n) is 7.85. The molecule has 0 spiro atoms. The Kier molecular flexibility index (Phi) is 4.35. The van der Waals surface area contributed by atoms with Gasteiger partial charge >= 0.3 is 0 Å². The van der Waals surface area contributed by atoms with E-state index in [-0.39, 0.29) is 22.8 Å². The van der Waals surface area contributed by atoms with Crippen LogP contribution in [0.1, 0.15) is 18.1 Å². The largest absolute Gasteiger partial charge is 0.368 e. The lowest BCUT2D eigenvalue weighted by Gasteiger charge is -2.23. The molecule has 0 aromatic heterocycles. The molecule has 1 unspecified atom stereocenters. The SMILES string of the molecule is CC(Nc1ccc(C#N)cc1[N+](=O)[O-])C(=O)N1CCc2ccccc21. The van der Waals surface area contributed by atoms with E-state index in [0.29, 0.717) is 6.54 Å². The summed E-state index contributed by atoms with van der Waals surface area (Å²) in [5, 5.41) is 23.0. The smallest absolute Gasteiger partial charge is 0.293 e. The Bertz CT molecular complexity index is 888. The molecule has 1 aliphatic heterocycles. The summed E-state index contributed by atoms with van der Waals surface area (Å²) >= 11 is 0. The molecular formula is C18H16N4O3. The molecule has 7 heteroatoms. The molecular weight excluding hydrogens is 320 g/mol. The van der Waals surface area contributed by atoms with E-state index in [4.69, 9.17) is 5.26 Å². The van der Waals surface area contributed by atoms with Crippen LogP contribution in [-0.4, -0.2) is 23.4 Å². The van der Waals surface area contributed by atoms with Crippen molar-refractivity contribution in [2.45, 2.75) is 19.4 Å². The molecule has 1 aliphatic rings. The van der Waals surface area contributed by atoms with E-state index >= 15 is 0 Å². The number of nitrogens with zero attached hydrogens (tertiary/aromatic N) is 3. The molecule has 1 amide bonds. The van der Waals surface area contributed by atoms with Gasteiger partial charge in [0, 0.05) is 18.3 Å². The molecule has 25 heavy (non-hydrogen) atoms. The van der Waals surface area contributed by atoms with E-state index < -0.39 is 11.0 Å². The topological polar surface area (TPSA) is 99.3 Å². The normalized spacial score (nSPS) is 13.7. The van der Waals surface area contributed by atoms with Crippen LogP contribution in [0.15, 0.2) is 42.5 Å². The third-order valence-corrected chi connectivity index (χ3v) is 4.22. The molecule has 0 saturated heterocycles. The molecule has 1 heterocycles. The van der Waals surface area contributed by atoms with Crippen LogP contribution in [0.4, 0.5) is 17.1 Å². The Morgan fingerprint density at radius 1 is 1.36 bits per heavy atom. The fourth-order valence-electron chi connectivity index (χ4n) is 2.97. The number of hydrogen-bond donors (Lipinski definition) is 1. The predicted molar refractivity (Wildman–Crippen MR) is 93.4 cm³/mol. The van der Waals surface area contributed by atoms with Crippen molar-refractivity contribution in [3.63, 3.8) is 0 Å². The highest BCUT2D eigenvalue weighted by Gasteiger charge is 2.28. The summed E-state index contributed by atoms with van der Waals surface area (Å²) in [5.74, 6) is -0.149. The van der Waals surface area contributed by atoms with Crippen LogP contribution in [0.5, 0.6) is 0 Å². The number of hydrogen-bond acceptors (Lipinski definition) is 5. The Morgan fingerprint density at radius 2 is 2.12 bits per heavy atom. The van der Waals surface area contributed by atoms with Gasteiger partial charge in [-0.05, 0) is 37.1 Å². The van der Waals surface area contributed by atoms with Gasteiger partial charge in [-0.2, -0.15) is 5.26 Å². The molecule has 0 bridgehead atoms. The van der Waals surface area contributed by atoms with E-state index in [9.17, 15) is 14.9 Å². The van der Waals surface area contributed by atoms with Gasteiger partial charge < -0.3 is 10.2 Å². The van der Waals surface area contributed by atoms with Crippen molar-refractivity contribution in [1.82, 2.24) is 0 Å². The number of rotatable bonds is 4. The third kappa shape index (κ3) is 3.15. The minimum absolute atomic E-state index is 0.149. The molecule has 1 atom stereocenters. The molecule has 3 rings (SSSR count). The van der Waals surface area contributed by atoms with E-state index in [1.54, 1.807) is 11.8 Å². The van der Waals surface area contributed by atoms with Crippen molar-refractivity contribution >= 4 is 23.0 Å². The van der Waals surface area contributed by atoms with Gasteiger partial charge in [0.15, 0.2) is 0 Å². The monoisotopic (exact) mass is 336 g/mol. The van der Waals surface area contributed by atoms with Crippen LogP contribution in [0.2, 0.25) is 0 Å². The van der Waals surface area contributed by atoms with Crippen LogP contribution in [-0.2, 0) is 11.2 Å². The van der Waals surface area contributed by atoms with Crippen molar-refractivity contribution in [1.29, 1.82) is 5.26 Å².